The van der Waals surface area contributed by atoms with Crippen molar-refractivity contribution in [3.05, 3.63) is 48.5 Å². The summed E-state index contributed by atoms with van der Waals surface area (Å²) in [7, 11) is 2.01. The first-order chi connectivity index (χ1) is 10.2. The quantitative estimate of drug-likeness (QED) is 0.856. The molecule has 0 aliphatic carbocycles. The van der Waals surface area contributed by atoms with Gasteiger partial charge in [0.15, 0.2) is 11.9 Å². The number of hydrogen-bond acceptors (Lipinski definition) is 4. The number of amidine groups is 1. The summed E-state index contributed by atoms with van der Waals surface area (Å²) < 4.78 is 6.06. The van der Waals surface area contributed by atoms with Crippen molar-refractivity contribution in [3.8, 4) is 5.75 Å². The number of fused-ring (bicyclic) bond motifs is 1. The maximum Gasteiger partial charge on any atom is 0.156 e. The number of nitrogens with zero attached hydrogens (tertiary/aromatic N) is 2. The summed E-state index contributed by atoms with van der Waals surface area (Å²) in [5.41, 5.74) is 8.41. The lowest BCUT2D eigenvalue weighted by molar-refractivity contribution is 0.257. The Labute approximate surface area is 124 Å². The van der Waals surface area contributed by atoms with Crippen LogP contribution in [0, 0.1) is 0 Å². The van der Waals surface area contributed by atoms with Crippen molar-refractivity contribution in [2.24, 2.45) is 4.99 Å². The summed E-state index contributed by atoms with van der Waals surface area (Å²) in [6.07, 6.45) is 0.811. The maximum absolute atomic E-state index is 6.06. The summed E-state index contributed by atoms with van der Waals surface area (Å²) in [5.74, 6) is 1.70. The highest BCUT2D eigenvalue weighted by Crippen LogP contribution is 2.35. The molecule has 4 nitrogen and oxygen atoms in total. The second-order valence-electron chi connectivity index (χ2n) is 5.11. The predicted octanol–water partition coefficient (Wildman–Crippen LogP) is 3.61. The van der Waals surface area contributed by atoms with Gasteiger partial charge in [0, 0.05) is 18.4 Å². The molecule has 21 heavy (non-hydrogen) atoms. The molecule has 3 rings (SSSR count). The molecule has 108 valence electrons. The number of rotatable bonds is 2. The third-order valence-corrected chi connectivity index (χ3v) is 3.63. The van der Waals surface area contributed by atoms with Crippen LogP contribution in [0.2, 0.25) is 0 Å². The molecule has 1 heterocycles. The van der Waals surface area contributed by atoms with Gasteiger partial charge in [-0.25, -0.2) is 4.99 Å². The Bertz CT molecular complexity index is 667. The van der Waals surface area contributed by atoms with Crippen LogP contribution in [0.5, 0.6) is 5.75 Å². The molecule has 0 fully saturated rings. The lowest BCUT2D eigenvalue weighted by Crippen LogP contribution is -2.41. The number of aliphatic imine (C=N–C) groups is 1. The highest BCUT2D eigenvalue weighted by molar-refractivity contribution is 6.03. The van der Waals surface area contributed by atoms with E-state index in [0.29, 0.717) is 5.69 Å². The Kier molecular flexibility index (Phi) is 3.52. The zero-order valence-electron chi connectivity index (χ0n) is 12.3. The van der Waals surface area contributed by atoms with Crippen LogP contribution in [0.1, 0.15) is 13.3 Å². The van der Waals surface area contributed by atoms with Gasteiger partial charge in [-0.15, -0.1) is 0 Å². The normalized spacial score (nSPS) is 16.7. The highest BCUT2D eigenvalue weighted by atomic mass is 16.5. The molecule has 2 aromatic carbocycles. The Balaban J connectivity index is 2.02. The van der Waals surface area contributed by atoms with Gasteiger partial charge in [0.25, 0.3) is 0 Å². The highest BCUT2D eigenvalue weighted by Gasteiger charge is 2.26. The SMILES string of the molecule is CCC1Oc2ccc(N)cc2N=C1N(C)c1ccccc1. The van der Waals surface area contributed by atoms with Gasteiger partial charge < -0.3 is 15.4 Å². The second kappa shape index (κ2) is 5.48. The topological polar surface area (TPSA) is 50.9 Å². The molecule has 4 heteroatoms. The maximum atomic E-state index is 6.06. The first kappa shape index (κ1) is 13.5. The van der Waals surface area contributed by atoms with Crippen LogP contribution in [0.3, 0.4) is 0 Å². The molecule has 1 aliphatic rings. The number of anilines is 2. The Hall–Kier alpha value is -2.49. The van der Waals surface area contributed by atoms with Gasteiger partial charge in [-0.2, -0.15) is 0 Å². The minimum Gasteiger partial charge on any atom is -0.480 e. The van der Waals surface area contributed by atoms with Crippen molar-refractivity contribution in [3.63, 3.8) is 0 Å². The number of benzene rings is 2. The van der Waals surface area contributed by atoms with E-state index in [1.54, 1.807) is 0 Å². The smallest absolute Gasteiger partial charge is 0.156 e. The van der Waals surface area contributed by atoms with E-state index in [-0.39, 0.29) is 6.10 Å². The van der Waals surface area contributed by atoms with E-state index in [2.05, 4.69) is 24.0 Å². The molecule has 0 saturated heterocycles. The molecule has 0 amide bonds. The molecule has 0 radical (unpaired) electrons. The second-order valence-corrected chi connectivity index (χ2v) is 5.11. The molecule has 2 aromatic rings. The van der Waals surface area contributed by atoms with Crippen LogP contribution < -0.4 is 15.4 Å². The fourth-order valence-corrected chi connectivity index (χ4v) is 2.46. The van der Waals surface area contributed by atoms with Gasteiger partial charge in [0.2, 0.25) is 0 Å². The van der Waals surface area contributed by atoms with Crippen molar-refractivity contribution in [1.29, 1.82) is 0 Å². The van der Waals surface area contributed by atoms with Crippen LogP contribution in [0.4, 0.5) is 17.1 Å². The Morgan fingerprint density at radius 3 is 2.67 bits per heavy atom. The van der Waals surface area contributed by atoms with E-state index in [1.165, 1.54) is 0 Å². The van der Waals surface area contributed by atoms with Crippen LogP contribution in [-0.2, 0) is 0 Å². The minimum absolute atomic E-state index is 0.0497. The van der Waals surface area contributed by atoms with Gasteiger partial charge >= 0.3 is 0 Å². The van der Waals surface area contributed by atoms with Crippen molar-refractivity contribution >= 4 is 22.9 Å². The molecule has 2 N–H and O–H groups in total. The van der Waals surface area contributed by atoms with E-state index >= 15 is 0 Å². The monoisotopic (exact) mass is 281 g/mol. The first-order valence-corrected chi connectivity index (χ1v) is 7.12. The summed E-state index contributed by atoms with van der Waals surface area (Å²) in [4.78, 5) is 6.84. The van der Waals surface area contributed by atoms with Crippen molar-refractivity contribution in [2.45, 2.75) is 19.4 Å². The summed E-state index contributed by atoms with van der Waals surface area (Å²) in [6.45, 7) is 2.10. The first-order valence-electron chi connectivity index (χ1n) is 7.12. The van der Waals surface area contributed by atoms with E-state index in [1.807, 2.05) is 43.4 Å². The van der Waals surface area contributed by atoms with Crippen molar-refractivity contribution in [1.82, 2.24) is 0 Å². The third-order valence-electron chi connectivity index (χ3n) is 3.63. The standard InChI is InChI=1S/C17H19N3O/c1-3-15-17(20(2)13-7-5-4-6-8-13)19-14-11-12(18)9-10-16(14)21-15/h4-11,15H,3,18H2,1-2H3. The number of nitrogen functional groups attached to an aromatic ring is 1. The number of hydrogen-bond donors (Lipinski definition) is 1. The molecule has 0 saturated carbocycles. The molecular formula is C17H19N3O. The molecule has 1 unspecified atom stereocenters. The fraction of sp³-hybridized carbons (Fsp3) is 0.235. The molecule has 0 aromatic heterocycles. The zero-order chi connectivity index (χ0) is 14.8. The lowest BCUT2D eigenvalue weighted by Gasteiger charge is -2.31. The summed E-state index contributed by atoms with van der Waals surface area (Å²) in [5, 5.41) is 0. The number of para-hydroxylation sites is 1. The lowest BCUT2D eigenvalue weighted by atomic mass is 10.1. The summed E-state index contributed by atoms with van der Waals surface area (Å²) >= 11 is 0. The number of nitrogens with two attached hydrogens (primary N) is 1. The van der Waals surface area contributed by atoms with E-state index in [0.717, 1.165) is 29.4 Å². The van der Waals surface area contributed by atoms with E-state index in [9.17, 15) is 0 Å². The average molecular weight is 281 g/mol. The van der Waals surface area contributed by atoms with Crippen LogP contribution >= 0.6 is 0 Å². The molecule has 0 spiro atoms. The van der Waals surface area contributed by atoms with Crippen LogP contribution in [0.25, 0.3) is 0 Å². The van der Waals surface area contributed by atoms with Crippen LogP contribution in [0.15, 0.2) is 53.5 Å². The minimum atomic E-state index is -0.0497. The van der Waals surface area contributed by atoms with Crippen LogP contribution in [-0.4, -0.2) is 19.0 Å². The molecule has 0 bridgehead atoms. The molecule has 1 aliphatic heterocycles. The Morgan fingerprint density at radius 2 is 1.95 bits per heavy atom. The van der Waals surface area contributed by atoms with Crippen molar-refractivity contribution < 1.29 is 4.74 Å². The van der Waals surface area contributed by atoms with Crippen molar-refractivity contribution in [2.75, 3.05) is 17.7 Å². The molecular weight excluding hydrogens is 262 g/mol. The van der Waals surface area contributed by atoms with Gasteiger partial charge in [-0.3, -0.25) is 0 Å². The van der Waals surface area contributed by atoms with Gasteiger partial charge in [0.05, 0.1) is 0 Å². The largest absolute Gasteiger partial charge is 0.480 e. The van der Waals surface area contributed by atoms with E-state index < -0.39 is 0 Å². The van der Waals surface area contributed by atoms with Gasteiger partial charge in [-0.1, -0.05) is 25.1 Å². The van der Waals surface area contributed by atoms with E-state index in [4.69, 9.17) is 15.5 Å². The van der Waals surface area contributed by atoms with Gasteiger partial charge in [0.1, 0.15) is 11.4 Å². The fourth-order valence-electron chi connectivity index (χ4n) is 2.46. The summed E-state index contributed by atoms with van der Waals surface area (Å²) in [6, 6.07) is 15.7. The zero-order valence-corrected chi connectivity index (χ0v) is 12.3. The number of likely N-dealkylation sites (N-methyl/N-ethyl adjacent to an activating group) is 1. The van der Waals surface area contributed by atoms with Gasteiger partial charge in [-0.05, 0) is 36.8 Å². The third kappa shape index (κ3) is 2.57. The Morgan fingerprint density at radius 1 is 1.19 bits per heavy atom. The number of ether oxygens (including phenoxy) is 1. The average Bonchev–Trinajstić information content (AvgIpc) is 2.53. The molecule has 1 atom stereocenters. The predicted molar refractivity (Wildman–Crippen MR) is 87.5 cm³/mol.